The van der Waals surface area contributed by atoms with Crippen LogP contribution in [0.25, 0.3) is 0 Å². The van der Waals surface area contributed by atoms with E-state index in [0.717, 1.165) is 17.7 Å². The highest BCUT2D eigenvalue weighted by Crippen LogP contribution is 2.24. The number of hydrogen-bond acceptors (Lipinski definition) is 3. The average Bonchev–Trinajstić information content (AvgIpc) is 2.50. The molecule has 6 heteroatoms. The molecule has 0 bridgehead atoms. The van der Waals surface area contributed by atoms with Crippen LogP contribution in [0, 0.1) is 11.7 Å². The van der Waals surface area contributed by atoms with Gasteiger partial charge in [-0.2, -0.15) is 0 Å². The molecule has 0 saturated heterocycles. The lowest BCUT2D eigenvalue weighted by Gasteiger charge is -2.31. The quantitative estimate of drug-likeness (QED) is 0.776. The Morgan fingerprint density at radius 2 is 1.95 bits per heavy atom. The van der Waals surface area contributed by atoms with Crippen molar-refractivity contribution in [1.82, 2.24) is 5.32 Å². The Bertz CT molecular complexity index is 458. The molecule has 0 radical (unpaired) electrons. The molecule has 124 valence electrons. The zero-order valence-electron chi connectivity index (χ0n) is 12.6. The zero-order valence-corrected chi connectivity index (χ0v) is 14.2. The number of hydrogen-bond donors (Lipinski definition) is 2. The number of thioether (sulfide) groups is 1. The summed E-state index contributed by atoms with van der Waals surface area (Å²) in [7, 11) is 0. The van der Waals surface area contributed by atoms with Crippen LogP contribution in [0.4, 0.5) is 4.39 Å². The van der Waals surface area contributed by atoms with Crippen molar-refractivity contribution in [3.05, 3.63) is 30.1 Å². The lowest BCUT2D eigenvalue weighted by Crippen LogP contribution is -2.44. The Balaban J connectivity index is 0.00000242. The van der Waals surface area contributed by atoms with Gasteiger partial charge in [0.25, 0.3) is 0 Å². The van der Waals surface area contributed by atoms with E-state index in [0.29, 0.717) is 24.6 Å². The smallest absolute Gasteiger partial charge is 0.221 e. The van der Waals surface area contributed by atoms with Crippen LogP contribution in [0.1, 0.15) is 32.1 Å². The van der Waals surface area contributed by atoms with E-state index in [1.165, 1.54) is 25.0 Å². The van der Waals surface area contributed by atoms with Gasteiger partial charge in [-0.25, -0.2) is 4.39 Å². The van der Waals surface area contributed by atoms with E-state index >= 15 is 0 Å². The van der Waals surface area contributed by atoms with Crippen molar-refractivity contribution in [1.29, 1.82) is 0 Å². The molecule has 3 nitrogen and oxygen atoms in total. The molecule has 0 spiro atoms. The fourth-order valence-corrected chi connectivity index (χ4v) is 3.60. The number of halogens is 2. The van der Waals surface area contributed by atoms with Gasteiger partial charge in [0, 0.05) is 23.1 Å². The van der Waals surface area contributed by atoms with Gasteiger partial charge in [-0.1, -0.05) is 12.8 Å². The summed E-state index contributed by atoms with van der Waals surface area (Å²) < 4.78 is 12.8. The van der Waals surface area contributed by atoms with Gasteiger partial charge < -0.3 is 11.1 Å². The lowest BCUT2D eigenvalue weighted by molar-refractivity contribution is -0.121. The van der Waals surface area contributed by atoms with Crippen LogP contribution >= 0.6 is 24.2 Å². The summed E-state index contributed by atoms with van der Waals surface area (Å²) in [6.45, 7) is 0.648. The Morgan fingerprint density at radius 1 is 1.27 bits per heavy atom. The second kappa shape index (κ2) is 10.1. The molecule has 1 saturated carbocycles. The monoisotopic (exact) mass is 346 g/mol. The molecule has 0 heterocycles. The minimum atomic E-state index is -0.234. The largest absolute Gasteiger partial charge is 0.353 e. The number of rotatable bonds is 6. The predicted octanol–water partition coefficient (Wildman–Crippen LogP) is 3.36. The number of carbonyl (C=O) groups is 1. The van der Waals surface area contributed by atoms with Crippen molar-refractivity contribution in [3.8, 4) is 0 Å². The molecule has 1 fully saturated rings. The number of benzene rings is 1. The van der Waals surface area contributed by atoms with Crippen LogP contribution < -0.4 is 11.1 Å². The third-order valence-electron chi connectivity index (χ3n) is 3.97. The Labute approximate surface area is 142 Å². The first-order valence-corrected chi connectivity index (χ1v) is 8.55. The van der Waals surface area contributed by atoms with Gasteiger partial charge >= 0.3 is 0 Å². The normalized spacial score (nSPS) is 21.0. The molecule has 2 unspecified atom stereocenters. The van der Waals surface area contributed by atoms with Crippen molar-refractivity contribution in [3.63, 3.8) is 0 Å². The second-order valence-electron chi connectivity index (χ2n) is 5.51. The number of carbonyl (C=O) groups excluding carboxylic acids is 1. The molecule has 2 atom stereocenters. The van der Waals surface area contributed by atoms with E-state index in [4.69, 9.17) is 5.73 Å². The molecule has 0 aromatic heterocycles. The van der Waals surface area contributed by atoms with Crippen molar-refractivity contribution in [2.24, 2.45) is 11.7 Å². The van der Waals surface area contributed by atoms with E-state index < -0.39 is 0 Å². The maximum atomic E-state index is 12.8. The lowest BCUT2D eigenvalue weighted by atomic mass is 9.84. The maximum absolute atomic E-state index is 12.8. The SMILES string of the molecule is Cl.NCC1CCCCC1NC(=O)CCSc1ccc(F)cc1. The molecule has 22 heavy (non-hydrogen) atoms. The highest BCUT2D eigenvalue weighted by molar-refractivity contribution is 7.99. The van der Waals surface area contributed by atoms with E-state index in [-0.39, 0.29) is 30.2 Å². The highest BCUT2D eigenvalue weighted by Gasteiger charge is 2.24. The highest BCUT2D eigenvalue weighted by atomic mass is 35.5. The van der Waals surface area contributed by atoms with Crippen molar-refractivity contribution in [2.45, 2.75) is 43.0 Å². The molecule has 0 aliphatic heterocycles. The molecule has 1 aromatic carbocycles. The van der Waals surface area contributed by atoms with E-state index in [1.54, 1.807) is 23.9 Å². The van der Waals surface area contributed by atoms with Crippen LogP contribution in [0.15, 0.2) is 29.2 Å². The van der Waals surface area contributed by atoms with Crippen LogP contribution in [0.5, 0.6) is 0 Å². The van der Waals surface area contributed by atoms with Gasteiger partial charge in [-0.3, -0.25) is 4.79 Å². The molecule has 1 aliphatic carbocycles. The molecule has 2 rings (SSSR count). The van der Waals surface area contributed by atoms with Crippen LogP contribution in [-0.2, 0) is 4.79 Å². The summed E-state index contributed by atoms with van der Waals surface area (Å²) in [6, 6.07) is 6.60. The van der Waals surface area contributed by atoms with Crippen LogP contribution in [0.3, 0.4) is 0 Å². The Hall–Kier alpha value is -0.780. The number of nitrogens with one attached hydrogen (secondary N) is 1. The molecular weight excluding hydrogens is 323 g/mol. The molecular formula is C16H24ClFN2OS. The first-order chi connectivity index (χ1) is 10.2. The third kappa shape index (κ3) is 6.15. The summed E-state index contributed by atoms with van der Waals surface area (Å²) >= 11 is 1.57. The summed E-state index contributed by atoms with van der Waals surface area (Å²) in [5.41, 5.74) is 5.77. The van der Waals surface area contributed by atoms with Gasteiger partial charge in [0.2, 0.25) is 5.91 Å². The van der Waals surface area contributed by atoms with Crippen molar-refractivity contribution < 1.29 is 9.18 Å². The minimum Gasteiger partial charge on any atom is -0.353 e. The van der Waals surface area contributed by atoms with Gasteiger partial charge in [0.05, 0.1) is 0 Å². The second-order valence-corrected chi connectivity index (χ2v) is 6.67. The van der Waals surface area contributed by atoms with Crippen molar-refractivity contribution in [2.75, 3.05) is 12.3 Å². The third-order valence-corrected chi connectivity index (χ3v) is 4.98. The van der Waals surface area contributed by atoms with Crippen LogP contribution in [-0.4, -0.2) is 24.2 Å². The molecule has 1 amide bonds. The van der Waals surface area contributed by atoms with Crippen LogP contribution in [0.2, 0.25) is 0 Å². The maximum Gasteiger partial charge on any atom is 0.221 e. The summed E-state index contributed by atoms with van der Waals surface area (Å²) in [6.07, 6.45) is 5.03. The fourth-order valence-electron chi connectivity index (χ4n) is 2.75. The molecule has 3 N–H and O–H groups in total. The van der Waals surface area contributed by atoms with Gasteiger partial charge in [0.15, 0.2) is 0 Å². The molecule has 1 aromatic rings. The number of nitrogens with two attached hydrogens (primary N) is 1. The predicted molar refractivity (Wildman–Crippen MR) is 91.9 cm³/mol. The standard InChI is InChI=1S/C16H23FN2OS.ClH/c17-13-5-7-14(8-6-13)21-10-9-16(20)19-15-4-2-1-3-12(15)11-18;/h5-8,12,15H,1-4,9-11,18H2,(H,19,20);1H. The summed E-state index contributed by atoms with van der Waals surface area (Å²) in [4.78, 5) is 13.0. The fraction of sp³-hybridized carbons (Fsp3) is 0.562. The molecule has 1 aliphatic rings. The van der Waals surface area contributed by atoms with E-state index in [1.807, 2.05) is 0 Å². The first kappa shape index (κ1) is 19.3. The van der Waals surface area contributed by atoms with Gasteiger partial charge in [0.1, 0.15) is 5.82 Å². The summed E-state index contributed by atoms with van der Waals surface area (Å²) in [5.74, 6) is 0.988. The minimum absolute atomic E-state index is 0. The van der Waals surface area contributed by atoms with Crippen molar-refractivity contribution >= 4 is 30.1 Å². The summed E-state index contributed by atoms with van der Waals surface area (Å²) in [5, 5.41) is 3.12. The Morgan fingerprint density at radius 3 is 2.64 bits per heavy atom. The van der Waals surface area contributed by atoms with Gasteiger partial charge in [-0.05, 0) is 49.6 Å². The zero-order chi connectivity index (χ0) is 15.1. The first-order valence-electron chi connectivity index (χ1n) is 7.57. The Kier molecular flexibility index (Phi) is 8.83. The topological polar surface area (TPSA) is 55.1 Å². The number of amides is 1. The van der Waals surface area contributed by atoms with E-state index in [2.05, 4.69) is 5.32 Å². The van der Waals surface area contributed by atoms with Gasteiger partial charge in [-0.15, -0.1) is 24.2 Å². The average molecular weight is 347 g/mol. The van der Waals surface area contributed by atoms with E-state index in [9.17, 15) is 9.18 Å².